The minimum absolute atomic E-state index is 0.0618. The summed E-state index contributed by atoms with van der Waals surface area (Å²) in [6.07, 6.45) is 2.88. The van der Waals surface area contributed by atoms with Gasteiger partial charge in [0, 0.05) is 5.56 Å². The second kappa shape index (κ2) is 4.96. The standard InChI is InChI=1S/C13H11N5O2/c19-9-4-2-1-3-8(9)5-10(20)18-13-11-12(15-6-14-11)16-7-17-13/h1-4,6-7,19H,5H2,(H2,14,15,16,17,18,20). The largest absolute Gasteiger partial charge is 0.508 e. The topological polar surface area (TPSA) is 104 Å². The number of imidazole rings is 1. The maximum atomic E-state index is 12.0. The number of phenols is 1. The first-order valence-corrected chi connectivity index (χ1v) is 5.95. The summed E-state index contributed by atoms with van der Waals surface area (Å²) < 4.78 is 0. The first kappa shape index (κ1) is 12.1. The van der Waals surface area contributed by atoms with Gasteiger partial charge in [-0.25, -0.2) is 15.0 Å². The summed E-state index contributed by atoms with van der Waals surface area (Å²) in [5, 5.41) is 12.3. The van der Waals surface area contributed by atoms with Gasteiger partial charge in [0.15, 0.2) is 11.5 Å². The number of aromatic hydroxyl groups is 1. The lowest BCUT2D eigenvalue weighted by Gasteiger charge is -2.06. The van der Waals surface area contributed by atoms with Gasteiger partial charge in [-0.2, -0.15) is 0 Å². The van der Waals surface area contributed by atoms with Crippen LogP contribution in [-0.2, 0) is 11.2 Å². The van der Waals surface area contributed by atoms with Gasteiger partial charge in [-0.15, -0.1) is 0 Å². The van der Waals surface area contributed by atoms with Crippen molar-refractivity contribution in [3.63, 3.8) is 0 Å². The van der Waals surface area contributed by atoms with Crippen molar-refractivity contribution in [3.05, 3.63) is 42.5 Å². The number of carbonyl (C=O) groups excluding carboxylic acids is 1. The molecule has 1 amide bonds. The average molecular weight is 269 g/mol. The maximum absolute atomic E-state index is 12.0. The number of anilines is 1. The lowest BCUT2D eigenvalue weighted by Crippen LogP contribution is -2.15. The number of rotatable bonds is 3. The molecule has 0 aliphatic heterocycles. The normalized spacial score (nSPS) is 10.6. The molecule has 3 rings (SSSR count). The zero-order valence-electron chi connectivity index (χ0n) is 10.4. The van der Waals surface area contributed by atoms with Crippen molar-refractivity contribution in [2.75, 3.05) is 5.32 Å². The quantitative estimate of drug-likeness (QED) is 0.663. The van der Waals surface area contributed by atoms with Gasteiger partial charge in [-0.3, -0.25) is 4.79 Å². The van der Waals surface area contributed by atoms with E-state index in [0.717, 1.165) is 0 Å². The molecule has 7 nitrogen and oxygen atoms in total. The first-order chi connectivity index (χ1) is 9.74. The molecule has 0 spiro atoms. The number of nitrogens with zero attached hydrogens (tertiary/aromatic N) is 3. The molecule has 0 bridgehead atoms. The van der Waals surface area contributed by atoms with Crippen molar-refractivity contribution >= 4 is 22.9 Å². The summed E-state index contributed by atoms with van der Waals surface area (Å²) in [4.78, 5) is 26.8. The number of carbonyl (C=O) groups is 1. The fourth-order valence-electron chi connectivity index (χ4n) is 1.87. The maximum Gasteiger partial charge on any atom is 0.230 e. The number of phenolic OH excluding ortho intramolecular Hbond substituents is 1. The molecule has 0 fully saturated rings. The Labute approximate surface area is 113 Å². The average Bonchev–Trinajstić information content (AvgIpc) is 2.91. The molecular formula is C13H11N5O2. The Bertz CT molecular complexity index is 768. The second-order valence-electron chi connectivity index (χ2n) is 4.18. The molecule has 2 aromatic heterocycles. The minimum atomic E-state index is -0.277. The van der Waals surface area contributed by atoms with Crippen LogP contribution in [0.15, 0.2) is 36.9 Å². The van der Waals surface area contributed by atoms with E-state index < -0.39 is 0 Å². The van der Waals surface area contributed by atoms with E-state index >= 15 is 0 Å². The molecule has 0 aliphatic rings. The fraction of sp³-hybridized carbons (Fsp3) is 0.0769. The van der Waals surface area contributed by atoms with E-state index in [1.807, 2.05) is 0 Å². The molecule has 1 aromatic carbocycles. The van der Waals surface area contributed by atoms with Gasteiger partial charge < -0.3 is 15.4 Å². The minimum Gasteiger partial charge on any atom is -0.508 e. The summed E-state index contributed by atoms with van der Waals surface area (Å²) in [6, 6.07) is 6.70. The lowest BCUT2D eigenvalue weighted by molar-refractivity contribution is -0.115. The molecule has 100 valence electrons. The van der Waals surface area contributed by atoms with Crippen molar-refractivity contribution in [2.24, 2.45) is 0 Å². The molecule has 2 heterocycles. The fourth-order valence-corrected chi connectivity index (χ4v) is 1.87. The van der Waals surface area contributed by atoms with Gasteiger partial charge in [0.1, 0.15) is 17.6 Å². The molecule has 0 saturated heterocycles. The Hall–Kier alpha value is -2.96. The second-order valence-corrected chi connectivity index (χ2v) is 4.18. The summed E-state index contributed by atoms with van der Waals surface area (Å²) in [7, 11) is 0. The van der Waals surface area contributed by atoms with E-state index in [4.69, 9.17) is 0 Å². The van der Waals surface area contributed by atoms with E-state index in [9.17, 15) is 9.90 Å². The molecule has 0 aliphatic carbocycles. The zero-order valence-corrected chi connectivity index (χ0v) is 10.4. The number of hydrogen-bond donors (Lipinski definition) is 3. The molecule has 7 heteroatoms. The van der Waals surface area contributed by atoms with Crippen LogP contribution >= 0.6 is 0 Å². The third-order valence-electron chi connectivity index (χ3n) is 2.82. The van der Waals surface area contributed by atoms with Gasteiger partial charge in [0.2, 0.25) is 5.91 Å². The SMILES string of the molecule is O=C(Cc1ccccc1O)Nc1ncnc2nc[nH]c12. The zero-order chi connectivity index (χ0) is 13.9. The van der Waals surface area contributed by atoms with Crippen LogP contribution in [-0.4, -0.2) is 30.9 Å². The Balaban J connectivity index is 1.80. The number of para-hydroxylation sites is 1. The van der Waals surface area contributed by atoms with Crippen LogP contribution in [0.25, 0.3) is 11.2 Å². The van der Waals surface area contributed by atoms with E-state index in [2.05, 4.69) is 25.3 Å². The highest BCUT2D eigenvalue weighted by atomic mass is 16.3. The molecule has 20 heavy (non-hydrogen) atoms. The van der Waals surface area contributed by atoms with Crippen LogP contribution in [0.5, 0.6) is 5.75 Å². The molecule has 3 aromatic rings. The van der Waals surface area contributed by atoms with Crippen molar-refractivity contribution < 1.29 is 9.90 Å². The Morgan fingerprint density at radius 3 is 2.95 bits per heavy atom. The third-order valence-corrected chi connectivity index (χ3v) is 2.82. The molecule has 0 radical (unpaired) electrons. The van der Waals surface area contributed by atoms with E-state index in [-0.39, 0.29) is 18.1 Å². The van der Waals surface area contributed by atoms with Crippen molar-refractivity contribution in [2.45, 2.75) is 6.42 Å². The van der Waals surface area contributed by atoms with Crippen LogP contribution < -0.4 is 5.32 Å². The monoisotopic (exact) mass is 269 g/mol. The van der Waals surface area contributed by atoms with Crippen LogP contribution in [0.1, 0.15) is 5.56 Å². The summed E-state index contributed by atoms with van der Waals surface area (Å²) in [5.41, 5.74) is 1.61. The van der Waals surface area contributed by atoms with Gasteiger partial charge in [0.05, 0.1) is 12.7 Å². The number of nitrogens with one attached hydrogen (secondary N) is 2. The number of aromatic amines is 1. The number of fused-ring (bicyclic) bond motifs is 1. The van der Waals surface area contributed by atoms with Crippen molar-refractivity contribution in [3.8, 4) is 5.75 Å². The van der Waals surface area contributed by atoms with Crippen LogP contribution in [0.4, 0.5) is 5.82 Å². The molecule has 0 saturated carbocycles. The van der Waals surface area contributed by atoms with Crippen molar-refractivity contribution in [1.29, 1.82) is 0 Å². The third kappa shape index (κ3) is 2.28. The summed E-state index contributed by atoms with van der Waals surface area (Å²) in [5.74, 6) is 0.186. The highest BCUT2D eigenvalue weighted by Crippen LogP contribution is 2.18. The van der Waals surface area contributed by atoms with Gasteiger partial charge >= 0.3 is 0 Å². The molecule has 0 atom stereocenters. The molecule has 3 N–H and O–H groups in total. The predicted octanol–water partition coefficient (Wildman–Crippen LogP) is 1.24. The summed E-state index contributed by atoms with van der Waals surface area (Å²) in [6.45, 7) is 0. The van der Waals surface area contributed by atoms with Crippen LogP contribution in [0.2, 0.25) is 0 Å². The van der Waals surface area contributed by atoms with Gasteiger partial charge in [-0.05, 0) is 6.07 Å². The smallest absolute Gasteiger partial charge is 0.230 e. The number of H-pyrrole nitrogens is 1. The van der Waals surface area contributed by atoms with E-state index in [1.54, 1.807) is 24.3 Å². The Morgan fingerprint density at radius 1 is 1.25 bits per heavy atom. The number of aromatic nitrogens is 4. The lowest BCUT2D eigenvalue weighted by atomic mass is 10.1. The summed E-state index contributed by atoms with van der Waals surface area (Å²) >= 11 is 0. The van der Waals surface area contributed by atoms with Gasteiger partial charge in [0.25, 0.3) is 0 Å². The van der Waals surface area contributed by atoms with E-state index in [0.29, 0.717) is 22.5 Å². The van der Waals surface area contributed by atoms with Crippen molar-refractivity contribution in [1.82, 2.24) is 19.9 Å². The Kier molecular flexibility index (Phi) is 3.00. The predicted molar refractivity (Wildman–Crippen MR) is 72.1 cm³/mol. The number of benzene rings is 1. The van der Waals surface area contributed by atoms with Crippen LogP contribution in [0.3, 0.4) is 0 Å². The highest BCUT2D eigenvalue weighted by Gasteiger charge is 2.11. The number of amides is 1. The van der Waals surface area contributed by atoms with E-state index in [1.165, 1.54) is 12.7 Å². The first-order valence-electron chi connectivity index (χ1n) is 5.95. The van der Waals surface area contributed by atoms with Gasteiger partial charge in [-0.1, -0.05) is 18.2 Å². The molecule has 0 unspecified atom stereocenters. The Morgan fingerprint density at radius 2 is 2.10 bits per heavy atom. The number of hydrogen-bond acceptors (Lipinski definition) is 5. The van der Waals surface area contributed by atoms with Crippen LogP contribution in [0, 0.1) is 0 Å². The molecular weight excluding hydrogens is 258 g/mol. The highest BCUT2D eigenvalue weighted by molar-refractivity contribution is 5.97.